The summed E-state index contributed by atoms with van der Waals surface area (Å²) in [6.45, 7) is 3.13. The van der Waals surface area contributed by atoms with Crippen molar-refractivity contribution in [3.63, 3.8) is 0 Å². The lowest BCUT2D eigenvalue weighted by Crippen LogP contribution is -2.41. The number of aryl methyl sites for hydroxylation is 1. The highest BCUT2D eigenvalue weighted by molar-refractivity contribution is 7.09. The van der Waals surface area contributed by atoms with Crippen LogP contribution in [0.5, 0.6) is 0 Å². The maximum absolute atomic E-state index is 13.7. The van der Waals surface area contributed by atoms with Crippen LogP contribution in [0.3, 0.4) is 0 Å². The maximum Gasteiger partial charge on any atom is 0.320 e. The van der Waals surface area contributed by atoms with E-state index in [9.17, 15) is 9.18 Å². The first-order valence-electron chi connectivity index (χ1n) is 7.34. The van der Waals surface area contributed by atoms with Crippen molar-refractivity contribution in [3.05, 3.63) is 28.4 Å². The van der Waals surface area contributed by atoms with Crippen molar-refractivity contribution in [2.24, 2.45) is 0 Å². The van der Waals surface area contributed by atoms with Crippen molar-refractivity contribution in [1.82, 2.24) is 20.4 Å². The Kier molecular flexibility index (Phi) is 4.87. The van der Waals surface area contributed by atoms with Crippen LogP contribution in [-0.4, -0.2) is 46.4 Å². The molecule has 2 amide bonds. The van der Waals surface area contributed by atoms with Crippen molar-refractivity contribution < 1.29 is 13.7 Å². The fraction of sp³-hybridized carbons (Fsp3) is 0.500. The van der Waals surface area contributed by atoms with Crippen molar-refractivity contribution in [1.29, 1.82) is 0 Å². The molecule has 3 heterocycles. The third kappa shape index (κ3) is 4.05. The monoisotopic (exact) mass is 339 g/mol. The Morgan fingerprint density at radius 2 is 2.48 bits per heavy atom. The number of aromatic nitrogens is 2. The van der Waals surface area contributed by atoms with Crippen molar-refractivity contribution >= 4 is 23.2 Å². The van der Waals surface area contributed by atoms with Crippen LogP contribution in [0.1, 0.15) is 17.0 Å². The Bertz CT molecular complexity index is 647. The predicted molar refractivity (Wildman–Crippen MR) is 84.1 cm³/mol. The molecule has 0 aromatic carbocycles. The highest BCUT2D eigenvalue weighted by Crippen LogP contribution is 2.23. The Morgan fingerprint density at radius 1 is 1.61 bits per heavy atom. The normalized spacial score (nSPS) is 21.5. The highest BCUT2D eigenvalue weighted by atomic mass is 32.1. The number of carbonyl (C=O) groups excluding carboxylic acids is 1. The van der Waals surface area contributed by atoms with Gasteiger partial charge in [-0.2, -0.15) is 0 Å². The molecule has 2 aromatic heterocycles. The molecule has 9 heteroatoms. The summed E-state index contributed by atoms with van der Waals surface area (Å²) in [5, 5.41) is 11.9. The van der Waals surface area contributed by atoms with E-state index in [1.54, 1.807) is 24.5 Å². The van der Waals surface area contributed by atoms with Gasteiger partial charge in [0.15, 0.2) is 5.82 Å². The van der Waals surface area contributed by atoms with E-state index < -0.39 is 6.17 Å². The van der Waals surface area contributed by atoms with E-state index in [1.165, 1.54) is 6.26 Å². The standard InChI is InChI=1S/C14H18FN5O2S/c1-9-8-22-19-13(9)18-14(21)17-5-11-4-10(15)6-20(11)7-12-16-2-3-23-12/h2-3,8,10-11H,4-7H2,1H3,(H2,17,18,19,21)/t10-,11-/m0/s1. The third-order valence-electron chi connectivity index (χ3n) is 3.78. The van der Waals surface area contributed by atoms with E-state index in [2.05, 4.69) is 20.8 Å². The summed E-state index contributed by atoms with van der Waals surface area (Å²) in [6, 6.07) is -0.420. The van der Waals surface area contributed by atoms with Gasteiger partial charge >= 0.3 is 6.03 Å². The number of hydrogen-bond acceptors (Lipinski definition) is 6. The molecule has 0 radical (unpaired) electrons. The summed E-state index contributed by atoms with van der Waals surface area (Å²) >= 11 is 1.55. The van der Waals surface area contributed by atoms with Crippen LogP contribution < -0.4 is 10.6 Å². The fourth-order valence-electron chi connectivity index (χ4n) is 2.60. The van der Waals surface area contributed by atoms with Crippen molar-refractivity contribution in [2.75, 3.05) is 18.4 Å². The summed E-state index contributed by atoms with van der Waals surface area (Å²) < 4.78 is 18.5. The molecule has 0 bridgehead atoms. The minimum Gasteiger partial charge on any atom is -0.362 e. The van der Waals surface area contributed by atoms with Crippen molar-refractivity contribution in [2.45, 2.75) is 32.1 Å². The van der Waals surface area contributed by atoms with E-state index in [4.69, 9.17) is 4.52 Å². The number of amides is 2. The highest BCUT2D eigenvalue weighted by Gasteiger charge is 2.32. The summed E-state index contributed by atoms with van der Waals surface area (Å²) in [5.74, 6) is 0.386. The van der Waals surface area contributed by atoms with Crippen LogP contribution in [0.15, 0.2) is 22.4 Å². The van der Waals surface area contributed by atoms with Crippen LogP contribution in [0, 0.1) is 6.92 Å². The number of carbonyl (C=O) groups is 1. The van der Waals surface area contributed by atoms with Gasteiger partial charge in [0.05, 0.1) is 6.54 Å². The van der Waals surface area contributed by atoms with E-state index in [0.717, 1.165) is 10.6 Å². The van der Waals surface area contributed by atoms with Gasteiger partial charge in [0.25, 0.3) is 0 Å². The van der Waals surface area contributed by atoms with Crippen LogP contribution in [0.2, 0.25) is 0 Å². The van der Waals surface area contributed by atoms with Gasteiger partial charge in [0.1, 0.15) is 17.4 Å². The topological polar surface area (TPSA) is 83.3 Å². The van der Waals surface area contributed by atoms with Gasteiger partial charge in [-0.15, -0.1) is 11.3 Å². The summed E-state index contributed by atoms with van der Waals surface area (Å²) in [6.07, 6.45) is 2.73. The Labute approximate surface area is 136 Å². The fourth-order valence-corrected chi connectivity index (χ4v) is 3.24. The lowest BCUT2D eigenvalue weighted by molar-refractivity contribution is 0.224. The van der Waals surface area contributed by atoms with Gasteiger partial charge in [-0.05, 0) is 13.3 Å². The molecule has 0 aliphatic carbocycles. The van der Waals surface area contributed by atoms with Gasteiger partial charge < -0.3 is 9.84 Å². The smallest absolute Gasteiger partial charge is 0.320 e. The van der Waals surface area contributed by atoms with Gasteiger partial charge in [-0.25, -0.2) is 14.2 Å². The van der Waals surface area contributed by atoms with Crippen LogP contribution >= 0.6 is 11.3 Å². The molecule has 1 fully saturated rings. The first-order chi connectivity index (χ1) is 11.1. The lowest BCUT2D eigenvalue weighted by Gasteiger charge is -2.23. The summed E-state index contributed by atoms with van der Waals surface area (Å²) in [4.78, 5) is 18.1. The molecule has 1 saturated heterocycles. The van der Waals surface area contributed by atoms with Gasteiger partial charge in [-0.1, -0.05) is 5.16 Å². The lowest BCUT2D eigenvalue weighted by atomic mass is 10.2. The number of hydrogen-bond donors (Lipinski definition) is 2. The number of alkyl halides is 1. The molecular formula is C14H18FN5O2S. The first-order valence-corrected chi connectivity index (χ1v) is 8.22. The number of likely N-dealkylation sites (tertiary alicyclic amines) is 1. The van der Waals surface area contributed by atoms with Crippen LogP contribution in [0.25, 0.3) is 0 Å². The molecule has 2 N–H and O–H groups in total. The molecule has 2 aromatic rings. The molecule has 0 unspecified atom stereocenters. The quantitative estimate of drug-likeness (QED) is 0.872. The number of halogens is 1. The second kappa shape index (κ2) is 7.05. The van der Waals surface area contributed by atoms with E-state index in [0.29, 0.717) is 31.9 Å². The molecule has 0 spiro atoms. The number of nitrogens with zero attached hydrogens (tertiary/aromatic N) is 3. The molecular weight excluding hydrogens is 321 g/mol. The number of anilines is 1. The number of nitrogens with one attached hydrogen (secondary N) is 2. The zero-order valence-corrected chi connectivity index (χ0v) is 13.5. The van der Waals surface area contributed by atoms with Gasteiger partial charge in [0.2, 0.25) is 0 Å². The number of thiazole rings is 1. The van der Waals surface area contributed by atoms with Crippen LogP contribution in [-0.2, 0) is 6.54 Å². The maximum atomic E-state index is 13.7. The zero-order valence-electron chi connectivity index (χ0n) is 12.7. The molecule has 7 nitrogen and oxygen atoms in total. The summed E-state index contributed by atoms with van der Waals surface area (Å²) in [7, 11) is 0. The molecule has 23 heavy (non-hydrogen) atoms. The predicted octanol–water partition coefficient (Wildman–Crippen LogP) is 2.17. The molecule has 124 valence electrons. The minimum atomic E-state index is -0.873. The van der Waals surface area contributed by atoms with Gasteiger partial charge in [0, 0.05) is 36.3 Å². The zero-order chi connectivity index (χ0) is 16.2. The van der Waals surface area contributed by atoms with E-state index in [-0.39, 0.29) is 12.1 Å². The minimum absolute atomic E-state index is 0.0435. The summed E-state index contributed by atoms with van der Waals surface area (Å²) in [5.41, 5.74) is 0.746. The Balaban J connectivity index is 1.51. The van der Waals surface area contributed by atoms with E-state index in [1.807, 2.05) is 10.3 Å². The first kappa shape index (κ1) is 15.9. The third-order valence-corrected chi connectivity index (χ3v) is 4.54. The van der Waals surface area contributed by atoms with E-state index >= 15 is 0 Å². The Hall–Kier alpha value is -2.00. The van der Waals surface area contributed by atoms with Gasteiger partial charge in [-0.3, -0.25) is 10.2 Å². The molecule has 1 aliphatic rings. The second-order valence-corrected chi connectivity index (χ2v) is 6.50. The Morgan fingerprint density at radius 3 is 3.17 bits per heavy atom. The average molecular weight is 339 g/mol. The molecule has 0 saturated carbocycles. The SMILES string of the molecule is Cc1conc1NC(=O)NC[C@@H]1C[C@H](F)CN1Cc1nccs1. The molecule has 3 rings (SSSR count). The number of urea groups is 1. The second-order valence-electron chi connectivity index (χ2n) is 5.52. The molecule has 2 atom stereocenters. The largest absolute Gasteiger partial charge is 0.362 e. The molecule has 1 aliphatic heterocycles. The average Bonchev–Trinajstić information content (AvgIpc) is 3.22. The van der Waals surface area contributed by atoms with Crippen LogP contribution in [0.4, 0.5) is 15.0 Å². The van der Waals surface area contributed by atoms with Crippen molar-refractivity contribution in [3.8, 4) is 0 Å². The number of rotatable bonds is 5.